The van der Waals surface area contributed by atoms with Gasteiger partial charge in [0.05, 0.1) is 6.10 Å². The third kappa shape index (κ3) is 18.3. The summed E-state index contributed by atoms with van der Waals surface area (Å²) in [6.07, 6.45) is 23.5. The molecular formula is C20H32O3. The molecular weight excluding hydrogens is 288 g/mol. The van der Waals surface area contributed by atoms with Crippen molar-refractivity contribution in [1.29, 1.82) is 0 Å². The molecule has 3 heteroatoms. The predicted octanol–water partition coefficient (Wildman–Crippen LogP) is 5.19. The Bertz CT molecular complexity index is 392. The molecule has 0 saturated carbocycles. The van der Waals surface area contributed by atoms with Gasteiger partial charge in [-0.3, -0.25) is 4.79 Å². The van der Waals surface area contributed by atoms with Gasteiger partial charge < -0.3 is 10.2 Å². The standard InChI is InChI=1S/C20H32O3/c1-2-3-4-5-6-7-10-13-16-19(21)17-14-11-8-9-12-15-18-20(22)23/h6-9,13-14,16-17,19,21H,2-5,10-12,15,18H2,1H3,(H,22,23)/b7-6-,9-8-,16-13-,17-14-/t19-/m1/s1. The van der Waals surface area contributed by atoms with E-state index in [-0.39, 0.29) is 6.42 Å². The number of aliphatic hydroxyl groups is 1. The van der Waals surface area contributed by atoms with Crippen LogP contribution in [-0.2, 0) is 4.79 Å². The molecule has 3 nitrogen and oxygen atoms in total. The number of aliphatic hydroxyl groups excluding tert-OH is 1. The van der Waals surface area contributed by atoms with Gasteiger partial charge in [0, 0.05) is 6.42 Å². The minimum atomic E-state index is -0.746. The lowest BCUT2D eigenvalue weighted by atomic mass is 10.2. The van der Waals surface area contributed by atoms with Crippen molar-refractivity contribution in [3.63, 3.8) is 0 Å². The van der Waals surface area contributed by atoms with Crippen molar-refractivity contribution >= 4 is 5.97 Å². The Morgan fingerprint density at radius 2 is 1.43 bits per heavy atom. The molecule has 0 heterocycles. The fourth-order valence-corrected chi connectivity index (χ4v) is 1.97. The number of carbonyl (C=O) groups is 1. The maximum absolute atomic E-state index is 10.3. The molecule has 0 aliphatic heterocycles. The normalized spacial score (nSPS) is 13.8. The Hall–Kier alpha value is -1.61. The van der Waals surface area contributed by atoms with Gasteiger partial charge in [0.2, 0.25) is 0 Å². The second-order valence-electron chi connectivity index (χ2n) is 5.54. The van der Waals surface area contributed by atoms with Crippen LogP contribution >= 0.6 is 0 Å². The largest absolute Gasteiger partial charge is 0.481 e. The molecule has 0 bridgehead atoms. The molecule has 0 saturated heterocycles. The summed E-state index contributed by atoms with van der Waals surface area (Å²) in [6, 6.07) is 0. The number of allylic oxidation sites excluding steroid dienone is 6. The number of hydrogen-bond donors (Lipinski definition) is 2. The quantitative estimate of drug-likeness (QED) is 0.342. The van der Waals surface area contributed by atoms with Crippen LogP contribution in [-0.4, -0.2) is 22.3 Å². The average Bonchev–Trinajstić information content (AvgIpc) is 2.52. The Morgan fingerprint density at radius 1 is 0.870 bits per heavy atom. The molecule has 0 aliphatic carbocycles. The van der Waals surface area contributed by atoms with Gasteiger partial charge in [-0.25, -0.2) is 0 Å². The topological polar surface area (TPSA) is 57.5 Å². The maximum Gasteiger partial charge on any atom is 0.303 e. The fourth-order valence-electron chi connectivity index (χ4n) is 1.97. The van der Waals surface area contributed by atoms with Crippen molar-refractivity contribution < 1.29 is 15.0 Å². The van der Waals surface area contributed by atoms with E-state index in [1.807, 2.05) is 24.3 Å². The first-order valence-corrected chi connectivity index (χ1v) is 8.70. The molecule has 23 heavy (non-hydrogen) atoms. The number of rotatable bonds is 14. The van der Waals surface area contributed by atoms with Gasteiger partial charge in [-0.05, 0) is 38.5 Å². The van der Waals surface area contributed by atoms with Gasteiger partial charge >= 0.3 is 5.97 Å². The highest BCUT2D eigenvalue weighted by molar-refractivity contribution is 5.66. The van der Waals surface area contributed by atoms with Crippen LogP contribution in [0.15, 0.2) is 48.6 Å². The first-order valence-electron chi connectivity index (χ1n) is 8.70. The van der Waals surface area contributed by atoms with E-state index in [0.29, 0.717) is 6.42 Å². The summed E-state index contributed by atoms with van der Waals surface area (Å²) >= 11 is 0. The van der Waals surface area contributed by atoms with Gasteiger partial charge in [0.1, 0.15) is 0 Å². The molecule has 0 aromatic rings. The van der Waals surface area contributed by atoms with Crippen molar-refractivity contribution in [3.05, 3.63) is 48.6 Å². The van der Waals surface area contributed by atoms with Crippen LogP contribution < -0.4 is 0 Å². The predicted molar refractivity (Wildman–Crippen MR) is 97.4 cm³/mol. The Labute approximate surface area is 141 Å². The smallest absolute Gasteiger partial charge is 0.303 e. The minimum absolute atomic E-state index is 0.219. The molecule has 0 aromatic carbocycles. The Kier molecular flexibility index (Phi) is 15.6. The van der Waals surface area contributed by atoms with Crippen LogP contribution in [0.3, 0.4) is 0 Å². The van der Waals surface area contributed by atoms with E-state index in [0.717, 1.165) is 25.7 Å². The lowest BCUT2D eigenvalue weighted by Gasteiger charge is -1.96. The molecule has 0 radical (unpaired) electrons. The lowest BCUT2D eigenvalue weighted by molar-refractivity contribution is -0.137. The lowest BCUT2D eigenvalue weighted by Crippen LogP contribution is -1.95. The highest BCUT2D eigenvalue weighted by atomic mass is 16.4. The number of carboxylic acids is 1. The second kappa shape index (κ2) is 16.8. The van der Waals surface area contributed by atoms with Crippen molar-refractivity contribution in [2.45, 2.75) is 70.8 Å². The number of unbranched alkanes of at least 4 members (excludes halogenated alkanes) is 4. The van der Waals surface area contributed by atoms with E-state index in [9.17, 15) is 9.90 Å². The number of aliphatic carboxylic acids is 1. The first kappa shape index (κ1) is 21.4. The molecule has 0 unspecified atom stereocenters. The van der Waals surface area contributed by atoms with Gasteiger partial charge in [0.25, 0.3) is 0 Å². The zero-order valence-electron chi connectivity index (χ0n) is 14.4. The summed E-state index contributed by atoms with van der Waals surface area (Å²) in [5.74, 6) is -0.746. The van der Waals surface area contributed by atoms with Crippen molar-refractivity contribution in [2.24, 2.45) is 0 Å². The second-order valence-corrected chi connectivity index (χ2v) is 5.54. The van der Waals surface area contributed by atoms with Crippen molar-refractivity contribution in [2.75, 3.05) is 0 Å². The SMILES string of the molecule is CCCCC/C=C\C/C=C\[C@@H](O)/C=C\C/C=C\CCCC(=O)O. The molecule has 0 amide bonds. The molecule has 1 atom stereocenters. The van der Waals surface area contributed by atoms with Crippen molar-refractivity contribution in [3.8, 4) is 0 Å². The van der Waals surface area contributed by atoms with Gasteiger partial charge in [-0.2, -0.15) is 0 Å². The molecule has 0 fully saturated rings. The zero-order chi connectivity index (χ0) is 17.2. The van der Waals surface area contributed by atoms with Crippen LogP contribution in [0.2, 0.25) is 0 Å². The summed E-state index contributed by atoms with van der Waals surface area (Å²) in [4.78, 5) is 10.3. The Balaban J connectivity index is 3.63. The summed E-state index contributed by atoms with van der Waals surface area (Å²) in [6.45, 7) is 2.20. The molecule has 130 valence electrons. The summed E-state index contributed by atoms with van der Waals surface area (Å²) in [5, 5.41) is 18.2. The van der Waals surface area contributed by atoms with Crippen LogP contribution in [0.4, 0.5) is 0 Å². The molecule has 0 aliphatic rings. The van der Waals surface area contributed by atoms with E-state index in [2.05, 4.69) is 19.1 Å². The molecule has 2 N–H and O–H groups in total. The van der Waals surface area contributed by atoms with Crippen LogP contribution in [0, 0.1) is 0 Å². The van der Waals surface area contributed by atoms with E-state index in [1.165, 1.54) is 19.3 Å². The molecule has 0 aromatic heterocycles. The van der Waals surface area contributed by atoms with Gasteiger partial charge in [-0.1, -0.05) is 68.4 Å². The van der Waals surface area contributed by atoms with Crippen LogP contribution in [0.25, 0.3) is 0 Å². The monoisotopic (exact) mass is 320 g/mol. The maximum atomic E-state index is 10.3. The molecule has 0 rings (SSSR count). The van der Waals surface area contributed by atoms with Gasteiger partial charge in [-0.15, -0.1) is 0 Å². The highest BCUT2D eigenvalue weighted by Gasteiger charge is 1.93. The fraction of sp³-hybridized carbons (Fsp3) is 0.550. The third-order valence-corrected chi connectivity index (χ3v) is 3.28. The van der Waals surface area contributed by atoms with E-state index in [1.54, 1.807) is 12.2 Å². The Morgan fingerprint density at radius 3 is 1.96 bits per heavy atom. The minimum Gasteiger partial charge on any atom is -0.481 e. The number of carboxylic acid groups (broad SMARTS) is 1. The number of hydrogen-bond acceptors (Lipinski definition) is 2. The zero-order valence-corrected chi connectivity index (χ0v) is 14.4. The molecule has 0 spiro atoms. The van der Waals surface area contributed by atoms with Crippen LogP contribution in [0.1, 0.15) is 64.7 Å². The summed E-state index contributed by atoms with van der Waals surface area (Å²) < 4.78 is 0. The average molecular weight is 320 g/mol. The van der Waals surface area contributed by atoms with E-state index in [4.69, 9.17) is 5.11 Å². The first-order chi connectivity index (χ1) is 11.2. The van der Waals surface area contributed by atoms with E-state index < -0.39 is 12.1 Å². The highest BCUT2D eigenvalue weighted by Crippen LogP contribution is 2.01. The van der Waals surface area contributed by atoms with E-state index >= 15 is 0 Å². The summed E-state index contributed by atoms with van der Waals surface area (Å²) in [7, 11) is 0. The van der Waals surface area contributed by atoms with Crippen molar-refractivity contribution in [1.82, 2.24) is 0 Å². The van der Waals surface area contributed by atoms with Crippen LogP contribution in [0.5, 0.6) is 0 Å². The third-order valence-electron chi connectivity index (χ3n) is 3.28. The summed E-state index contributed by atoms with van der Waals surface area (Å²) in [5.41, 5.74) is 0. The van der Waals surface area contributed by atoms with Gasteiger partial charge in [0.15, 0.2) is 0 Å².